The lowest BCUT2D eigenvalue weighted by Gasteiger charge is -2.24. The van der Waals surface area contributed by atoms with Crippen molar-refractivity contribution in [1.82, 2.24) is 9.88 Å². The number of nitrogens with zero attached hydrogens (tertiary/aromatic N) is 2. The highest BCUT2D eigenvalue weighted by Gasteiger charge is 2.26. The molecule has 1 aromatic heterocycles. The van der Waals surface area contributed by atoms with Crippen LogP contribution in [-0.4, -0.2) is 29.5 Å². The van der Waals surface area contributed by atoms with E-state index in [0.29, 0.717) is 6.04 Å². The maximum absolute atomic E-state index is 4.53. The number of nitrogens with one attached hydrogen (secondary N) is 1. The molecule has 0 aromatic carbocycles. The molecule has 0 spiro atoms. The molecular formula is C15H25N3. The maximum Gasteiger partial charge on any atom is 0.130 e. The Hall–Kier alpha value is -1.09. The number of anilines is 1. The molecule has 2 rings (SSSR count). The van der Waals surface area contributed by atoms with E-state index in [2.05, 4.69) is 41.2 Å². The molecule has 1 N–H and O–H groups in total. The number of rotatable bonds is 6. The third-order valence-corrected chi connectivity index (χ3v) is 3.79. The van der Waals surface area contributed by atoms with Crippen LogP contribution in [0.2, 0.25) is 0 Å². The Bertz CT molecular complexity index is 365. The molecule has 0 unspecified atom stereocenters. The van der Waals surface area contributed by atoms with Gasteiger partial charge in [-0.25, -0.2) is 4.98 Å². The second-order valence-electron chi connectivity index (χ2n) is 5.01. The molecule has 1 aliphatic rings. The average molecular weight is 247 g/mol. The lowest BCUT2D eigenvalue weighted by molar-refractivity contribution is 0.272. The van der Waals surface area contributed by atoms with Crippen LogP contribution in [0.5, 0.6) is 0 Å². The molecular weight excluding hydrogens is 222 g/mol. The molecule has 0 bridgehead atoms. The summed E-state index contributed by atoms with van der Waals surface area (Å²) >= 11 is 0. The van der Waals surface area contributed by atoms with Crippen LogP contribution in [-0.2, 0) is 0 Å². The van der Waals surface area contributed by atoms with E-state index in [9.17, 15) is 0 Å². The summed E-state index contributed by atoms with van der Waals surface area (Å²) in [6.07, 6.45) is 6.89. The standard InChI is InChI=1S/C15H25N3/c1-3-5-10-16-15-13(8-6-11-17-15)14-9-7-12-18(14)4-2/h6,8,11,14H,3-5,7,9-10,12H2,1-2H3,(H,16,17)/t14-/m1/s1. The summed E-state index contributed by atoms with van der Waals surface area (Å²) in [6, 6.07) is 4.86. The normalized spacial score (nSPS) is 20.2. The topological polar surface area (TPSA) is 28.2 Å². The van der Waals surface area contributed by atoms with Crippen molar-refractivity contribution < 1.29 is 0 Å². The first-order chi connectivity index (χ1) is 8.86. The van der Waals surface area contributed by atoms with E-state index in [1.54, 1.807) is 0 Å². The Morgan fingerprint density at radius 2 is 2.33 bits per heavy atom. The first kappa shape index (κ1) is 13.3. The largest absolute Gasteiger partial charge is 0.370 e. The zero-order chi connectivity index (χ0) is 12.8. The van der Waals surface area contributed by atoms with E-state index >= 15 is 0 Å². The van der Waals surface area contributed by atoms with Crippen molar-refractivity contribution in [2.24, 2.45) is 0 Å². The first-order valence-electron chi connectivity index (χ1n) is 7.29. The Labute approximate surface area is 111 Å². The Morgan fingerprint density at radius 3 is 3.11 bits per heavy atom. The van der Waals surface area contributed by atoms with Crippen LogP contribution in [0.3, 0.4) is 0 Å². The highest BCUT2D eigenvalue weighted by atomic mass is 15.2. The van der Waals surface area contributed by atoms with E-state index in [0.717, 1.165) is 18.9 Å². The van der Waals surface area contributed by atoms with E-state index in [1.165, 1.54) is 37.8 Å². The van der Waals surface area contributed by atoms with Crippen molar-refractivity contribution >= 4 is 5.82 Å². The van der Waals surface area contributed by atoms with Gasteiger partial charge in [0, 0.05) is 24.3 Å². The summed E-state index contributed by atoms with van der Waals surface area (Å²) in [6.45, 7) is 7.85. The van der Waals surface area contributed by atoms with Gasteiger partial charge in [0.15, 0.2) is 0 Å². The SMILES string of the molecule is CCCCNc1ncccc1[C@H]1CCCN1CC. The minimum Gasteiger partial charge on any atom is -0.370 e. The molecule has 0 amide bonds. The van der Waals surface area contributed by atoms with Gasteiger partial charge in [-0.15, -0.1) is 0 Å². The lowest BCUT2D eigenvalue weighted by atomic mass is 10.1. The highest BCUT2D eigenvalue weighted by molar-refractivity contribution is 5.46. The van der Waals surface area contributed by atoms with Gasteiger partial charge in [0.05, 0.1) is 0 Å². The second kappa shape index (κ2) is 6.74. The predicted octanol–water partition coefficient (Wildman–Crippen LogP) is 3.45. The Kier molecular flexibility index (Phi) is 5.00. The Morgan fingerprint density at radius 1 is 1.44 bits per heavy atom. The second-order valence-corrected chi connectivity index (χ2v) is 5.01. The molecule has 100 valence electrons. The summed E-state index contributed by atoms with van der Waals surface area (Å²) < 4.78 is 0. The van der Waals surface area contributed by atoms with Crippen LogP contribution >= 0.6 is 0 Å². The fraction of sp³-hybridized carbons (Fsp3) is 0.667. The maximum atomic E-state index is 4.53. The summed E-state index contributed by atoms with van der Waals surface area (Å²) in [7, 11) is 0. The monoisotopic (exact) mass is 247 g/mol. The van der Waals surface area contributed by atoms with Gasteiger partial charge in [0.2, 0.25) is 0 Å². The molecule has 0 saturated carbocycles. The van der Waals surface area contributed by atoms with Gasteiger partial charge in [-0.1, -0.05) is 26.3 Å². The van der Waals surface area contributed by atoms with Crippen LogP contribution in [0.1, 0.15) is 51.1 Å². The van der Waals surface area contributed by atoms with Crippen LogP contribution < -0.4 is 5.32 Å². The van der Waals surface area contributed by atoms with Gasteiger partial charge < -0.3 is 5.32 Å². The smallest absolute Gasteiger partial charge is 0.130 e. The zero-order valence-corrected chi connectivity index (χ0v) is 11.7. The minimum absolute atomic E-state index is 0.563. The highest BCUT2D eigenvalue weighted by Crippen LogP contribution is 2.34. The molecule has 3 nitrogen and oxygen atoms in total. The molecule has 1 atom stereocenters. The van der Waals surface area contributed by atoms with E-state index < -0.39 is 0 Å². The first-order valence-corrected chi connectivity index (χ1v) is 7.29. The van der Waals surface area contributed by atoms with Gasteiger partial charge in [-0.05, 0) is 38.4 Å². The van der Waals surface area contributed by atoms with E-state index in [-0.39, 0.29) is 0 Å². The molecule has 1 saturated heterocycles. The van der Waals surface area contributed by atoms with Crippen LogP contribution in [0.25, 0.3) is 0 Å². The number of aromatic nitrogens is 1. The van der Waals surface area contributed by atoms with Crippen molar-refractivity contribution in [2.45, 2.75) is 45.6 Å². The van der Waals surface area contributed by atoms with Crippen molar-refractivity contribution in [3.8, 4) is 0 Å². The van der Waals surface area contributed by atoms with E-state index in [4.69, 9.17) is 0 Å². The van der Waals surface area contributed by atoms with Crippen LogP contribution in [0.15, 0.2) is 18.3 Å². The van der Waals surface area contributed by atoms with Crippen molar-refractivity contribution in [3.63, 3.8) is 0 Å². The third-order valence-electron chi connectivity index (χ3n) is 3.79. The number of likely N-dealkylation sites (tertiary alicyclic amines) is 1. The number of pyridine rings is 1. The van der Waals surface area contributed by atoms with Gasteiger partial charge in [0.25, 0.3) is 0 Å². The minimum atomic E-state index is 0.563. The predicted molar refractivity (Wildman–Crippen MR) is 76.9 cm³/mol. The van der Waals surface area contributed by atoms with Crippen molar-refractivity contribution in [1.29, 1.82) is 0 Å². The fourth-order valence-electron chi connectivity index (χ4n) is 2.77. The summed E-state index contributed by atoms with van der Waals surface area (Å²) in [4.78, 5) is 7.08. The lowest BCUT2D eigenvalue weighted by Crippen LogP contribution is -2.23. The van der Waals surface area contributed by atoms with Gasteiger partial charge in [0.1, 0.15) is 5.82 Å². The number of hydrogen-bond donors (Lipinski definition) is 1. The molecule has 2 heterocycles. The molecule has 1 fully saturated rings. The molecule has 1 aliphatic heterocycles. The summed E-state index contributed by atoms with van der Waals surface area (Å²) in [5.41, 5.74) is 1.38. The number of unbranched alkanes of at least 4 members (excludes halogenated alkanes) is 1. The quantitative estimate of drug-likeness (QED) is 0.780. The molecule has 0 aliphatic carbocycles. The molecule has 18 heavy (non-hydrogen) atoms. The van der Waals surface area contributed by atoms with Crippen LogP contribution in [0, 0.1) is 0 Å². The van der Waals surface area contributed by atoms with Crippen molar-refractivity contribution in [2.75, 3.05) is 25.0 Å². The molecule has 1 aromatic rings. The fourth-order valence-corrected chi connectivity index (χ4v) is 2.77. The van der Waals surface area contributed by atoms with Gasteiger partial charge >= 0.3 is 0 Å². The van der Waals surface area contributed by atoms with Gasteiger partial charge in [-0.2, -0.15) is 0 Å². The Balaban J connectivity index is 2.11. The summed E-state index contributed by atoms with van der Waals surface area (Å²) in [5, 5.41) is 3.50. The van der Waals surface area contributed by atoms with E-state index in [1.807, 2.05) is 6.20 Å². The van der Waals surface area contributed by atoms with Crippen molar-refractivity contribution in [3.05, 3.63) is 23.9 Å². The van der Waals surface area contributed by atoms with Crippen LogP contribution in [0.4, 0.5) is 5.82 Å². The molecule has 3 heteroatoms. The molecule has 0 radical (unpaired) electrons. The number of hydrogen-bond acceptors (Lipinski definition) is 3. The summed E-state index contributed by atoms with van der Waals surface area (Å²) in [5.74, 6) is 1.09. The zero-order valence-electron chi connectivity index (χ0n) is 11.7. The van der Waals surface area contributed by atoms with Gasteiger partial charge in [-0.3, -0.25) is 4.90 Å². The third kappa shape index (κ3) is 3.02. The average Bonchev–Trinajstić information content (AvgIpc) is 2.88.